The molecule has 10 heteroatoms. The number of carbonyl (C=O) groups is 2. The van der Waals surface area contributed by atoms with Crippen LogP contribution in [0.4, 0.5) is 0 Å². The highest BCUT2D eigenvalue weighted by Gasteiger charge is 2.42. The summed E-state index contributed by atoms with van der Waals surface area (Å²) >= 11 is 0. The van der Waals surface area contributed by atoms with E-state index in [1.54, 1.807) is 6.08 Å². The molecule has 3 atom stereocenters. The number of phenols is 8. The smallest absolute Gasteiger partial charge is 0.189 e. The Bertz CT molecular complexity index is 1890. The molecule has 0 bridgehead atoms. The Morgan fingerprint density at radius 2 is 1.20 bits per heavy atom. The van der Waals surface area contributed by atoms with E-state index < -0.39 is 40.8 Å². The van der Waals surface area contributed by atoms with E-state index in [9.17, 15) is 50.4 Å². The molecule has 230 valence electrons. The number of hydrogen-bond donors (Lipinski definition) is 8. The maximum absolute atomic E-state index is 14.2. The molecule has 10 nitrogen and oxygen atoms in total. The first-order chi connectivity index (χ1) is 21.3. The summed E-state index contributed by atoms with van der Waals surface area (Å²) in [5, 5.41) is 82.4. The standard InChI is InChI=1S/C35H30O10/c1-17-10-26(22-6-3-19(36)13-30(22)41)34(35(45)24-8-5-21(38)15-32(24)43)27(11-17)25-12-18(29(40)16-33(25)44)2-9-28(39)23-7-4-20(37)14-31(23)42/h2-9,11-16,26-27,34,36-38,40-44H,10H2,1H3/b9-2-/t26-,27+,34-/m1/s1. The van der Waals surface area contributed by atoms with Crippen molar-refractivity contribution >= 4 is 17.6 Å². The van der Waals surface area contributed by atoms with Gasteiger partial charge in [0.25, 0.3) is 0 Å². The van der Waals surface area contributed by atoms with E-state index in [1.807, 2.05) is 6.92 Å². The molecule has 1 aliphatic carbocycles. The quantitative estimate of drug-likeness (QED) is 0.0704. The second-order valence-corrected chi connectivity index (χ2v) is 11.1. The largest absolute Gasteiger partial charge is 0.508 e. The van der Waals surface area contributed by atoms with Crippen LogP contribution in [0, 0.1) is 5.92 Å². The van der Waals surface area contributed by atoms with E-state index in [0.29, 0.717) is 12.0 Å². The van der Waals surface area contributed by atoms with Gasteiger partial charge in [-0.2, -0.15) is 0 Å². The van der Waals surface area contributed by atoms with Crippen molar-refractivity contribution in [2.45, 2.75) is 25.2 Å². The molecule has 45 heavy (non-hydrogen) atoms. The average molecular weight is 611 g/mol. The molecule has 5 rings (SSSR count). The van der Waals surface area contributed by atoms with Crippen molar-refractivity contribution in [1.82, 2.24) is 0 Å². The minimum Gasteiger partial charge on any atom is -0.508 e. The number of ketones is 2. The molecule has 4 aromatic rings. The summed E-state index contributed by atoms with van der Waals surface area (Å²) in [6.45, 7) is 1.82. The molecule has 0 saturated carbocycles. The Morgan fingerprint density at radius 3 is 1.80 bits per heavy atom. The summed E-state index contributed by atoms with van der Waals surface area (Å²) in [6, 6.07) is 13.6. The number of aromatic hydroxyl groups is 8. The average Bonchev–Trinajstić information content (AvgIpc) is 2.96. The van der Waals surface area contributed by atoms with E-state index in [4.69, 9.17) is 0 Å². The third-order valence-electron chi connectivity index (χ3n) is 7.99. The third-order valence-corrected chi connectivity index (χ3v) is 7.99. The van der Waals surface area contributed by atoms with Gasteiger partial charge in [0.1, 0.15) is 46.0 Å². The minimum atomic E-state index is -1.04. The van der Waals surface area contributed by atoms with Crippen LogP contribution < -0.4 is 0 Å². The predicted octanol–water partition coefficient (Wildman–Crippen LogP) is 5.94. The lowest BCUT2D eigenvalue weighted by atomic mass is 9.65. The van der Waals surface area contributed by atoms with Crippen LogP contribution in [0.25, 0.3) is 6.08 Å². The summed E-state index contributed by atoms with van der Waals surface area (Å²) in [5.41, 5.74) is 1.26. The van der Waals surface area contributed by atoms with E-state index in [1.165, 1.54) is 48.5 Å². The van der Waals surface area contributed by atoms with Gasteiger partial charge in [0.2, 0.25) is 0 Å². The first kappa shape index (κ1) is 30.6. The molecule has 8 N–H and O–H groups in total. The van der Waals surface area contributed by atoms with Crippen LogP contribution in [0.15, 0.2) is 84.5 Å². The van der Waals surface area contributed by atoms with Crippen molar-refractivity contribution in [3.05, 3.63) is 112 Å². The van der Waals surface area contributed by atoms with Crippen molar-refractivity contribution < 1.29 is 50.4 Å². The van der Waals surface area contributed by atoms with Gasteiger partial charge >= 0.3 is 0 Å². The Balaban J connectivity index is 1.63. The summed E-state index contributed by atoms with van der Waals surface area (Å²) in [4.78, 5) is 27.0. The molecule has 0 amide bonds. The van der Waals surface area contributed by atoms with Gasteiger partial charge < -0.3 is 40.9 Å². The molecule has 0 heterocycles. The molecule has 0 radical (unpaired) electrons. The highest BCUT2D eigenvalue weighted by molar-refractivity contribution is 6.08. The second-order valence-electron chi connectivity index (χ2n) is 11.1. The molecule has 0 fully saturated rings. The molecule has 0 unspecified atom stereocenters. The number of rotatable bonds is 7. The molecule has 0 spiro atoms. The SMILES string of the molecule is CC1=C[C@@H](c2cc(/C=C\C(=O)c3ccc(O)cc3O)c(O)cc2O)[C@H](C(=O)c2ccc(O)cc2O)[C@@H](c2ccc(O)cc2O)C1. The Hall–Kier alpha value is -5.90. The molecule has 1 aliphatic rings. The zero-order valence-electron chi connectivity index (χ0n) is 23.9. The van der Waals surface area contributed by atoms with Gasteiger partial charge in [0.05, 0.1) is 11.1 Å². The number of carbonyl (C=O) groups excluding carboxylic acids is 2. The van der Waals surface area contributed by atoms with Gasteiger partial charge in [0, 0.05) is 53.1 Å². The molecular formula is C35H30O10. The van der Waals surface area contributed by atoms with Gasteiger partial charge in [-0.1, -0.05) is 17.7 Å². The van der Waals surface area contributed by atoms with E-state index in [2.05, 4.69) is 0 Å². The molecule has 0 saturated heterocycles. The zero-order valence-corrected chi connectivity index (χ0v) is 23.9. The van der Waals surface area contributed by atoms with Crippen LogP contribution in [0.3, 0.4) is 0 Å². The molecule has 0 aromatic heterocycles. The van der Waals surface area contributed by atoms with Crippen LogP contribution in [-0.2, 0) is 0 Å². The van der Waals surface area contributed by atoms with Crippen LogP contribution in [0.1, 0.15) is 62.6 Å². The second kappa shape index (κ2) is 12.0. The fourth-order valence-corrected chi connectivity index (χ4v) is 5.88. The van der Waals surface area contributed by atoms with Gasteiger partial charge in [-0.05, 0) is 67.5 Å². The van der Waals surface area contributed by atoms with Gasteiger partial charge in [-0.3, -0.25) is 9.59 Å². The van der Waals surface area contributed by atoms with Crippen LogP contribution in [0.2, 0.25) is 0 Å². The number of hydrogen-bond acceptors (Lipinski definition) is 10. The number of benzene rings is 4. The highest BCUT2D eigenvalue weighted by Crippen LogP contribution is 2.51. The molecule has 4 aromatic carbocycles. The summed E-state index contributed by atoms with van der Waals surface area (Å²) in [7, 11) is 0. The monoisotopic (exact) mass is 610 g/mol. The Kier molecular flexibility index (Phi) is 8.15. The highest BCUT2D eigenvalue weighted by atomic mass is 16.3. The van der Waals surface area contributed by atoms with Crippen LogP contribution in [0.5, 0.6) is 46.0 Å². The fourth-order valence-electron chi connectivity index (χ4n) is 5.88. The number of phenolic OH excluding ortho intramolecular Hbond substituents is 8. The predicted molar refractivity (Wildman–Crippen MR) is 164 cm³/mol. The number of allylic oxidation sites excluding steroid dienone is 3. The first-order valence-electron chi connectivity index (χ1n) is 13.9. The maximum Gasteiger partial charge on any atom is 0.189 e. The van der Waals surface area contributed by atoms with Crippen molar-refractivity contribution in [2.75, 3.05) is 0 Å². The van der Waals surface area contributed by atoms with Gasteiger partial charge in [0.15, 0.2) is 11.6 Å². The normalized spacial score (nSPS) is 18.1. The lowest BCUT2D eigenvalue weighted by molar-refractivity contribution is 0.0876. The Labute approximate surface area is 257 Å². The third kappa shape index (κ3) is 6.12. The summed E-state index contributed by atoms with van der Waals surface area (Å²) in [6.07, 6.45) is 4.45. The van der Waals surface area contributed by atoms with Crippen molar-refractivity contribution in [3.8, 4) is 46.0 Å². The molecular weight excluding hydrogens is 580 g/mol. The van der Waals surface area contributed by atoms with E-state index >= 15 is 0 Å². The van der Waals surface area contributed by atoms with E-state index in [-0.39, 0.29) is 56.8 Å². The molecule has 0 aliphatic heterocycles. The van der Waals surface area contributed by atoms with Gasteiger partial charge in [-0.25, -0.2) is 0 Å². The lowest BCUT2D eigenvalue weighted by Crippen LogP contribution is -2.31. The van der Waals surface area contributed by atoms with Crippen molar-refractivity contribution in [2.24, 2.45) is 5.92 Å². The van der Waals surface area contributed by atoms with Crippen molar-refractivity contribution in [1.29, 1.82) is 0 Å². The minimum absolute atomic E-state index is 0.0932. The Morgan fingerprint density at radius 1 is 0.644 bits per heavy atom. The van der Waals surface area contributed by atoms with Crippen LogP contribution in [-0.4, -0.2) is 52.4 Å². The topological polar surface area (TPSA) is 196 Å². The summed E-state index contributed by atoms with van der Waals surface area (Å²) < 4.78 is 0. The fraction of sp³-hybridized carbons (Fsp3) is 0.143. The lowest BCUT2D eigenvalue weighted by Gasteiger charge is -2.37. The zero-order chi connectivity index (χ0) is 32.6. The maximum atomic E-state index is 14.2. The van der Waals surface area contributed by atoms with E-state index in [0.717, 1.165) is 35.9 Å². The van der Waals surface area contributed by atoms with Crippen LogP contribution >= 0.6 is 0 Å². The van der Waals surface area contributed by atoms with Crippen molar-refractivity contribution in [3.63, 3.8) is 0 Å². The summed E-state index contributed by atoms with van der Waals surface area (Å²) in [5.74, 6) is -6.36. The number of Topliss-reactive ketones (excluding diaryl/α,β-unsaturated/α-hetero) is 1. The van der Waals surface area contributed by atoms with Gasteiger partial charge in [-0.15, -0.1) is 0 Å². The first-order valence-corrected chi connectivity index (χ1v) is 13.9.